The largest absolute Gasteiger partial charge is 0.486 e. The number of aromatic amines is 1. The number of nitrogens with one attached hydrogen (secondary N) is 1. The molecule has 0 saturated heterocycles. The van der Waals surface area contributed by atoms with Gasteiger partial charge in [0, 0.05) is 7.05 Å². The quantitative estimate of drug-likeness (QED) is 0.912. The molecule has 0 aliphatic carbocycles. The van der Waals surface area contributed by atoms with Crippen molar-refractivity contribution in [1.82, 2.24) is 20.1 Å². The van der Waals surface area contributed by atoms with Crippen LogP contribution in [0.1, 0.15) is 16.4 Å². The fourth-order valence-electron chi connectivity index (χ4n) is 2.15. The summed E-state index contributed by atoms with van der Waals surface area (Å²) in [4.78, 5) is 17.7. The second-order valence-corrected chi connectivity index (χ2v) is 4.93. The normalized spacial score (nSPS) is 16.6. The van der Waals surface area contributed by atoms with Crippen molar-refractivity contribution in [3.8, 4) is 11.5 Å². The van der Waals surface area contributed by atoms with Gasteiger partial charge in [0.15, 0.2) is 17.6 Å². The van der Waals surface area contributed by atoms with Gasteiger partial charge in [0.05, 0.1) is 6.54 Å². The summed E-state index contributed by atoms with van der Waals surface area (Å²) in [5.41, 5.74) is 0. The lowest BCUT2D eigenvalue weighted by Gasteiger charge is -2.29. The molecular weight excluding hydrogens is 272 g/mol. The smallest absolute Gasteiger partial charge is 0.293 e. The molecule has 1 aliphatic heterocycles. The Hall–Kier alpha value is -2.57. The Labute approximate surface area is 121 Å². The zero-order valence-corrected chi connectivity index (χ0v) is 11.9. The van der Waals surface area contributed by atoms with Gasteiger partial charge in [-0.3, -0.25) is 9.89 Å². The second-order valence-electron chi connectivity index (χ2n) is 4.93. The molecule has 0 spiro atoms. The minimum absolute atomic E-state index is 0.159. The van der Waals surface area contributed by atoms with Crippen molar-refractivity contribution in [2.24, 2.45) is 0 Å². The highest BCUT2D eigenvalue weighted by atomic mass is 16.6. The van der Waals surface area contributed by atoms with E-state index in [1.165, 1.54) is 4.90 Å². The molecule has 2 heterocycles. The topological polar surface area (TPSA) is 80.3 Å². The van der Waals surface area contributed by atoms with E-state index in [0.29, 0.717) is 24.7 Å². The number of carbonyl (C=O) groups is 1. The van der Waals surface area contributed by atoms with E-state index in [9.17, 15) is 4.79 Å². The third kappa shape index (κ3) is 2.81. The van der Waals surface area contributed by atoms with E-state index in [4.69, 9.17) is 9.47 Å². The predicted octanol–water partition coefficient (Wildman–Crippen LogP) is 1.03. The van der Waals surface area contributed by atoms with Gasteiger partial charge < -0.3 is 14.4 Å². The van der Waals surface area contributed by atoms with Crippen LogP contribution in [0.3, 0.4) is 0 Å². The maximum atomic E-state index is 12.2. The number of carbonyl (C=O) groups excluding carboxylic acids is 1. The zero-order valence-electron chi connectivity index (χ0n) is 11.9. The van der Waals surface area contributed by atoms with Crippen molar-refractivity contribution in [1.29, 1.82) is 0 Å². The minimum Gasteiger partial charge on any atom is -0.486 e. The van der Waals surface area contributed by atoms with Crippen LogP contribution in [0.5, 0.6) is 11.5 Å². The van der Waals surface area contributed by atoms with E-state index in [1.54, 1.807) is 14.0 Å². The lowest BCUT2D eigenvalue weighted by atomic mass is 10.2. The molecule has 7 heteroatoms. The highest BCUT2D eigenvalue weighted by Gasteiger charge is 2.25. The summed E-state index contributed by atoms with van der Waals surface area (Å²) in [5.74, 6) is 1.95. The van der Waals surface area contributed by atoms with Crippen molar-refractivity contribution in [2.75, 3.05) is 20.2 Å². The number of amides is 1. The number of likely N-dealkylation sites (N-methyl/N-ethyl adjacent to an activating group) is 1. The Kier molecular flexibility index (Phi) is 3.47. The Morgan fingerprint density at radius 2 is 2.19 bits per heavy atom. The average Bonchev–Trinajstić information content (AvgIpc) is 2.93. The number of hydrogen-bond acceptors (Lipinski definition) is 5. The molecule has 1 unspecified atom stereocenters. The van der Waals surface area contributed by atoms with Crippen molar-refractivity contribution in [3.63, 3.8) is 0 Å². The summed E-state index contributed by atoms with van der Waals surface area (Å²) >= 11 is 0. The molecule has 0 fully saturated rings. The molecular formula is C14H16N4O3. The number of ether oxygens (including phenoxy) is 2. The molecule has 0 saturated carbocycles. The van der Waals surface area contributed by atoms with Crippen LogP contribution >= 0.6 is 0 Å². The molecule has 0 bridgehead atoms. The van der Waals surface area contributed by atoms with Crippen LogP contribution < -0.4 is 9.47 Å². The van der Waals surface area contributed by atoms with E-state index in [2.05, 4.69) is 15.2 Å². The molecule has 7 nitrogen and oxygen atoms in total. The first-order valence-corrected chi connectivity index (χ1v) is 6.66. The summed E-state index contributed by atoms with van der Waals surface area (Å²) in [5, 5.41) is 6.52. The van der Waals surface area contributed by atoms with Crippen LogP contribution in [0.4, 0.5) is 0 Å². The van der Waals surface area contributed by atoms with E-state index in [-0.39, 0.29) is 17.8 Å². The predicted molar refractivity (Wildman–Crippen MR) is 74.4 cm³/mol. The Morgan fingerprint density at radius 1 is 1.43 bits per heavy atom. The maximum absolute atomic E-state index is 12.2. The van der Waals surface area contributed by atoms with Crippen LogP contribution in [0.25, 0.3) is 0 Å². The third-order valence-electron chi connectivity index (χ3n) is 3.18. The van der Waals surface area contributed by atoms with Gasteiger partial charge in [-0.05, 0) is 19.1 Å². The number of aryl methyl sites for hydroxylation is 1. The van der Waals surface area contributed by atoms with Crippen LogP contribution in [-0.4, -0.2) is 52.3 Å². The van der Waals surface area contributed by atoms with Crippen LogP contribution in [0.15, 0.2) is 24.3 Å². The fraction of sp³-hybridized carbons (Fsp3) is 0.357. The highest BCUT2D eigenvalue weighted by Crippen LogP contribution is 2.30. The molecule has 1 amide bonds. The summed E-state index contributed by atoms with van der Waals surface area (Å²) < 4.78 is 11.5. The Balaban J connectivity index is 1.63. The van der Waals surface area contributed by atoms with Crippen LogP contribution in [-0.2, 0) is 0 Å². The number of fused-ring (bicyclic) bond motifs is 1. The number of aromatic nitrogens is 3. The second kappa shape index (κ2) is 5.43. The summed E-state index contributed by atoms with van der Waals surface area (Å²) in [6, 6.07) is 7.48. The molecule has 1 aromatic carbocycles. The van der Waals surface area contributed by atoms with Gasteiger partial charge in [-0.15, -0.1) is 5.10 Å². The van der Waals surface area contributed by atoms with E-state index in [1.807, 2.05) is 24.3 Å². The monoisotopic (exact) mass is 288 g/mol. The number of nitrogens with zero attached hydrogens (tertiary/aromatic N) is 3. The van der Waals surface area contributed by atoms with Gasteiger partial charge in [-0.25, -0.2) is 4.98 Å². The fourth-order valence-corrected chi connectivity index (χ4v) is 2.15. The van der Waals surface area contributed by atoms with Gasteiger partial charge in [0.25, 0.3) is 5.91 Å². The first-order valence-electron chi connectivity index (χ1n) is 6.66. The molecule has 21 heavy (non-hydrogen) atoms. The molecule has 1 atom stereocenters. The Morgan fingerprint density at radius 3 is 2.90 bits per heavy atom. The van der Waals surface area contributed by atoms with Gasteiger partial charge >= 0.3 is 0 Å². The van der Waals surface area contributed by atoms with Crippen molar-refractivity contribution in [3.05, 3.63) is 35.9 Å². The minimum atomic E-state index is -0.248. The summed E-state index contributed by atoms with van der Waals surface area (Å²) in [7, 11) is 1.69. The first kappa shape index (κ1) is 13.4. The molecule has 2 aromatic rings. The van der Waals surface area contributed by atoms with E-state index < -0.39 is 0 Å². The van der Waals surface area contributed by atoms with Crippen molar-refractivity contribution < 1.29 is 14.3 Å². The molecule has 0 radical (unpaired) electrons. The SMILES string of the molecule is Cc1nc(C(=O)N(C)CC2COc3ccccc3O2)n[nH]1. The molecule has 1 aliphatic rings. The molecule has 110 valence electrons. The van der Waals surface area contributed by atoms with Gasteiger partial charge in [-0.2, -0.15) is 0 Å². The zero-order chi connectivity index (χ0) is 14.8. The van der Waals surface area contributed by atoms with Gasteiger partial charge in [-0.1, -0.05) is 12.1 Å². The van der Waals surface area contributed by atoms with Gasteiger partial charge in [0.1, 0.15) is 12.4 Å². The van der Waals surface area contributed by atoms with E-state index >= 15 is 0 Å². The lowest BCUT2D eigenvalue weighted by Crippen LogP contribution is -2.42. The van der Waals surface area contributed by atoms with Crippen molar-refractivity contribution >= 4 is 5.91 Å². The molecule has 1 N–H and O–H groups in total. The number of hydrogen-bond donors (Lipinski definition) is 1. The van der Waals surface area contributed by atoms with E-state index in [0.717, 1.165) is 5.75 Å². The lowest BCUT2D eigenvalue weighted by molar-refractivity contribution is 0.0514. The van der Waals surface area contributed by atoms with Crippen molar-refractivity contribution in [2.45, 2.75) is 13.0 Å². The van der Waals surface area contributed by atoms with Gasteiger partial charge in [0.2, 0.25) is 5.82 Å². The maximum Gasteiger partial charge on any atom is 0.293 e. The third-order valence-corrected chi connectivity index (χ3v) is 3.18. The first-order chi connectivity index (χ1) is 10.1. The molecule has 1 aromatic heterocycles. The summed E-state index contributed by atoms with van der Waals surface area (Å²) in [6.45, 7) is 2.56. The summed E-state index contributed by atoms with van der Waals surface area (Å²) in [6.07, 6.45) is -0.214. The standard InChI is InChI=1S/C14H16N4O3/c1-9-15-13(17-16-9)14(19)18(2)7-10-8-20-11-5-3-4-6-12(11)21-10/h3-6,10H,7-8H2,1-2H3,(H,15,16,17). The number of para-hydroxylation sites is 2. The Bertz CT molecular complexity index is 655. The number of rotatable bonds is 3. The number of benzene rings is 1. The highest BCUT2D eigenvalue weighted by molar-refractivity contribution is 5.90. The molecule has 3 rings (SSSR count). The van der Waals surface area contributed by atoms with Crippen LogP contribution in [0.2, 0.25) is 0 Å². The van der Waals surface area contributed by atoms with Crippen LogP contribution in [0, 0.1) is 6.92 Å². The average molecular weight is 288 g/mol. The number of H-pyrrole nitrogens is 1.